The Bertz CT molecular complexity index is 2410. The number of likely N-dealkylation sites (tertiary alicyclic amines) is 1. The van der Waals surface area contributed by atoms with Gasteiger partial charge in [-0.1, -0.05) is 73.6 Å². The minimum Gasteiger partial charge on any atom is -0.448 e. The first kappa shape index (κ1) is 70.3. The van der Waals surface area contributed by atoms with Crippen molar-refractivity contribution in [1.82, 2.24) is 62.6 Å². The van der Waals surface area contributed by atoms with Gasteiger partial charge in [0, 0.05) is 52.1 Å². The minimum absolute atomic E-state index is 0.0232. The van der Waals surface area contributed by atoms with E-state index in [1.165, 1.54) is 52.7 Å². The highest BCUT2D eigenvalue weighted by Gasteiger charge is 2.42. The number of nitrogens with zero attached hydrogens (tertiary/aromatic N) is 3. The van der Waals surface area contributed by atoms with Crippen LogP contribution in [0.2, 0.25) is 0 Å². The van der Waals surface area contributed by atoms with Crippen molar-refractivity contribution in [1.29, 1.82) is 0 Å². The lowest BCUT2D eigenvalue weighted by Gasteiger charge is -2.34. The lowest BCUT2D eigenvalue weighted by atomic mass is 9.85. The number of oxazole rings is 1. The fourth-order valence-electron chi connectivity index (χ4n) is 10.8. The molecule has 1 aliphatic carbocycles. The molecule has 24 heteroatoms. The van der Waals surface area contributed by atoms with Crippen molar-refractivity contribution in [3.05, 3.63) is 17.8 Å². The predicted molar refractivity (Wildman–Crippen MR) is 316 cm³/mol. The molecule has 4 rings (SSSR count). The molecule has 24 nitrogen and oxygen atoms in total. The van der Waals surface area contributed by atoms with Crippen molar-refractivity contribution in [3.63, 3.8) is 0 Å². The molecule has 0 aromatic carbocycles. The van der Waals surface area contributed by atoms with Crippen LogP contribution in [0.25, 0.3) is 0 Å². The number of morpholine rings is 1. The van der Waals surface area contributed by atoms with E-state index in [9.17, 15) is 47.9 Å². The molecule has 2 aliphatic heterocycles. The van der Waals surface area contributed by atoms with Gasteiger partial charge < -0.3 is 61.9 Å². The summed E-state index contributed by atoms with van der Waals surface area (Å²) in [5.74, 6) is -5.37. The third-order valence-electron chi connectivity index (χ3n) is 15.6. The summed E-state index contributed by atoms with van der Waals surface area (Å²) >= 11 is 0. The van der Waals surface area contributed by atoms with Gasteiger partial charge in [0.1, 0.15) is 53.1 Å². The van der Waals surface area contributed by atoms with Gasteiger partial charge in [0.25, 0.3) is 5.91 Å². The SMILES string of the molecule is Cc1nc(C(=O)N2CCC[C@H]2C(=O)NC(CCC2CCCCC2)C(=O)NC(CC(C)C)C(=O)NC(C)(C)C(=O)NC(CC(C)C)C(=O)NC(CC(C)C)C(=O)NC(C)(C)C(=O)NC(C)(C)C(=O)NCCC(=O)NC(C)CN2CCOCC2)co1. The second-order valence-electron chi connectivity index (χ2n) is 26.3. The Morgan fingerprint density at radius 2 is 1.12 bits per heavy atom. The van der Waals surface area contributed by atoms with E-state index < -0.39 is 100.0 Å². The van der Waals surface area contributed by atoms with Crippen LogP contribution in [0.5, 0.6) is 0 Å². The number of hydrogen-bond acceptors (Lipinski definition) is 14. The zero-order chi connectivity index (χ0) is 62.7. The molecule has 474 valence electrons. The van der Waals surface area contributed by atoms with Crippen LogP contribution < -0.4 is 47.9 Å². The van der Waals surface area contributed by atoms with Crippen LogP contribution in [0.3, 0.4) is 0 Å². The summed E-state index contributed by atoms with van der Waals surface area (Å²) in [6.45, 7) is 27.5. The Hall–Kier alpha value is -6.17. The Kier molecular flexibility index (Phi) is 27.1. The molecule has 0 radical (unpaired) electrons. The maximum Gasteiger partial charge on any atom is 0.276 e. The van der Waals surface area contributed by atoms with E-state index in [-0.39, 0.29) is 67.6 Å². The van der Waals surface area contributed by atoms with Gasteiger partial charge in [-0.2, -0.15) is 0 Å². The van der Waals surface area contributed by atoms with E-state index in [1.807, 2.05) is 48.5 Å². The van der Waals surface area contributed by atoms with Crippen LogP contribution in [0.1, 0.15) is 190 Å². The third kappa shape index (κ3) is 22.7. The van der Waals surface area contributed by atoms with E-state index in [0.29, 0.717) is 63.8 Å². The van der Waals surface area contributed by atoms with Crippen LogP contribution in [-0.4, -0.2) is 173 Å². The van der Waals surface area contributed by atoms with Crippen LogP contribution in [0.15, 0.2) is 10.7 Å². The van der Waals surface area contributed by atoms with Gasteiger partial charge in [-0.3, -0.25) is 52.8 Å². The van der Waals surface area contributed by atoms with Crippen molar-refractivity contribution in [2.24, 2.45) is 23.7 Å². The van der Waals surface area contributed by atoms with Crippen LogP contribution in [-0.2, 0) is 47.9 Å². The van der Waals surface area contributed by atoms with E-state index in [1.54, 1.807) is 6.92 Å². The molecular weight excluding hydrogens is 1080 g/mol. The Labute approximate surface area is 497 Å². The average Bonchev–Trinajstić information content (AvgIpc) is 3.71. The highest BCUT2D eigenvalue weighted by molar-refractivity contribution is 6.00. The molecule has 1 aromatic heterocycles. The second-order valence-corrected chi connectivity index (χ2v) is 26.3. The van der Waals surface area contributed by atoms with Gasteiger partial charge >= 0.3 is 0 Å². The summed E-state index contributed by atoms with van der Waals surface area (Å²) in [7, 11) is 0. The molecule has 0 spiro atoms. The summed E-state index contributed by atoms with van der Waals surface area (Å²) in [6, 6.07) is -5.46. The number of nitrogens with one attached hydrogen (secondary N) is 9. The van der Waals surface area contributed by atoms with Crippen molar-refractivity contribution in [3.8, 4) is 0 Å². The Balaban J connectivity index is 1.40. The highest BCUT2D eigenvalue weighted by Crippen LogP contribution is 2.28. The predicted octanol–water partition coefficient (Wildman–Crippen LogP) is 3.05. The average molecular weight is 1180 g/mol. The number of ether oxygens (including phenoxy) is 1. The number of carbonyl (C=O) groups excluding carboxylic acids is 10. The van der Waals surface area contributed by atoms with E-state index in [4.69, 9.17) is 9.15 Å². The quantitative estimate of drug-likeness (QED) is 0.0517. The van der Waals surface area contributed by atoms with Gasteiger partial charge in [0.15, 0.2) is 11.6 Å². The van der Waals surface area contributed by atoms with Gasteiger partial charge in [0.05, 0.1) is 13.2 Å². The molecule has 9 N–H and O–H groups in total. The molecule has 1 aromatic rings. The van der Waals surface area contributed by atoms with Crippen LogP contribution >= 0.6 is 0 Å². The smallest absolute Gasteiger partial charge is 0.276 e. The third-order valence-corrected chi connectivity index (χ3v) is 15.6. The van der Waals surface area contributed by atoms with Crippen molar-refractivity contribution in [2.75, 3.05) is 45.9 Å². The zero-order valence-corrected chi connectivity index (χ0v) is 52.7. The molecule has 84 heavy (non-hydrogen) atoms. The molecule has 3 aliphatic rings. The first-order valence-corrected chi connectivity index (χ1v) is 30.6. The summed E-state index contributed by atoms with van der Waals surface area (Å²) in [5, 5.41) is 25.3. The molecule has 3 heterocycles. The van der Waals surface area contributed by atoms with Crippen molar-refractivity contribution >= 4 is 59.1 Å². The second kappa shape index (κ2) is 32.4. The molecule has 1 saturated carbocycles. The topological polar surface area (TPSA) is 321 Å². The monoisotopic (exact) mass is 1180 g/mol. The Morgan fingerprint density at radius 3 is 1.65 bits per heavy atom. The highest BCUT2D eigenvalue weighted by atomic mass is 16.5. The largest absolute Gasteiger partial charge is 0.448 e. The minimum atomic E-state index is -1.64. The lowest BCUT2D eigenvalue weighted by Crippen LogP contribution is -2.65. The molecule has 6 atom stereocenters. The number of hydrogen-bond donors (Lipinski definition) is 9. The summed E-state index contributed by atoms with van der Waals surface area (Å²) in [5.41, 5.74) is -4.60. The van der Waals surface area contributed by atoms with Gasteiger partial charge in [-0.05, 0) is 117 Å². The number of carbonyl (C=O) groups is 10. The number of aromatic nitrogens is 1. The first-order chi connectivity index (χ1) is 39.3. The van der Waals surface area contributed by atoms with Gasteiger partial charge in [-0.25, -0.2) is 4.98 Å². The fourth-order valence-corrected chi connectivity index (χ4v) is 10.8. The molecule has 2 saturated heterocycles. The van der Waals surface area contributed by atoms with Crippen molar-refractivity contribution < 1.29 is 57.1 Å². The van der Waals surface area contributed by atoms with Gasteiger partial charge in [0.2, 0.25) is 53.2 Å². The summed E-state index contributed by atoms with van der Waals surface area (Å²) in [4.78, 5) is 146. The number of aryl methyl sites for hydroxylation is 1. The number of rotatable bonds is 31. The van der Waals surface area contributed by atoms with Gasteiger partial charge in [-0.15, -0.1) is 0 Å². The lowest BCUT2D eigenvalue weighted by molar-refractivity contribution is -0.139. The summed E-state index contributed by atoms with van der Waals surface area (Å²) in [6.07, 6.45) is 9.04. The number of amides is 10. The maximum absolute atomic E-state index is 14.4. The van der Waals surface area contributed by atoms with Crippen LogP contribution in [0.4, 0.5) is 0 Å². The van der Waals surface area contributed by atoms with E-state index >= 15 is 0 Å². The molecule has 0 bridgehead atoms. The fraction of sp³-hybridized carbons (Fsp3) is 0.783. The maximum atomic E-state index is 14.4. The normalized spacial score (nSPS) is 18.2. The van der Waals surface area contributed by atoms with E-state index in [2.05, 4.69) is 57.7 Å². The first-order valence-electron chi connectivity index (χ1n) is 30.6. The summed E-state index contributed by atoms with van der Waals surface area (Å²) < 4.78 is 10.6. The molecule has 3 fully saturated rings. The Morgan fingerprint density at radius 1 is 0.595 bits per heavy atom. The standard InChI is InChI=1S/C60H102N12O12/c1-36(2)31-43(50(75)66-45(33-38(5)6)52(77)69-60(13,14)57(82)70-58(9,10)55(80)61-25-24-48(73)62-39(7)34-71-27-29-83-30-28-71)67-56(81)59(11,12)68-51(76)44(32-37(3)4)65-49(74)42(23-22-41-19-16-15-17-20-41)64-53(78)47-21-18-26-72(47)54(79)46-35-84-40(8)63-46/h35-39,41-45,47H,15-34H2,1-14H3,(H,61,80)(H,62,73)(H,64,78)(H,65,74)(H,66,75)(H,67,81)(H,68,76)(H,69,77)(H,70,82)/t39?,42?,43?,44?,45?,47-/m0/s1. The van der Waals surface area contributed by atoms with Crippen molar-refractivity contribution in [2.45, 2.75) is 233 Å². The van der Waals surface area contributed by atoms with E-state index in [0.717, 1.165) is 45.2 Å². The van der Waals surface area contributed by atoms with Crippen LogP contribution in [0, 0.1) is 30.6 Å². The molecule has 5 unspecified atom stereocenters. The molecule has 10 amide bonds. The molecular formula is C60H102N12O12. The zero-order valence-electron chi connectivity index (χ0n) is 52.7.